The summed E-state index contributed by atoms with van der Waals surface area (Å²) >= 11 is 0. The van der Waals surface area contributed by atoms with Crippen molar-refractivity contribution in [1.82, 2.24) is 0 Å². The Kier molecular flexibility index (Phi) is 20.8. The molecule has 6 aliphatic heterocycles. The molecule has 0 spiro atoms. The Morgan fingerprint density at radius 2 is 1.03 bits per heavy atom. The van der Waals surface area contributed by atoms with Gasteiger partial charge in [-0.3, -0.25) is 9.35 Å². The lowest BCUT2D eigenvalue weighted by Crippen LogP contribution is -2.67. The van der Waals surface area contributed by atoms with Crippen molar-refractivity contribution in [3.05, 3.63) is 11.6 Å². The molecule has 0 unspecified atom stereocenters. The van der Waals surface area contributed by atoms with Crippen LogP contribution in [0.25, 0.3) is 0 Å². The fourth-order valence-electron chi connectivity index (χ4n) is 15.6. The number of aliphatic hydroxyl groups excluding tert-OH is 14. The fourth-order valence-corrected chi connectivity index (χ4v) is 16.2. The van der Waals surface area contributed by atoms with Gasteiger partial charge in [0.05, 0.1) is 50.3 Å². The Balaban J connectivity index is 0.902. The van der Waals surface area contributed by atoms with Gasteiger partial charge < -0.3 is 128 Å². The minimum Gasteiger partial charge on any atom is -0.394 e. The van der Waals surface area contributed by atoms with Gasteiger partial charge in [0.2, 0.25) is 0 Å². The highest BCUT2D eigenvalue weighted by Crippen LogP contribution is 2.66. The summed E-state index contributed by atoms with van der Waals surface area (Å²) < 4.78 is 112. The van der Waals surface area contributed by atoms with Crippen LogP contribution in [0.4, 0.5) is 0 Å². The molecular weight excluding hydrogens is 1190 g/mol. The van der Waals surface area contributed by atoms with Crippen LogP contribution >= 0.6 is 0 Å². The number of fused-ring (bicyclic) bond motifs is 5. The van der Waals surface area contributed by atoms with Crippen LogP contribution < -0.4 is 0 Å². The predicted octanol–water partition coefficient (Wildman–Crippen LogP) is -5.38. The van der Waals surface area contributed by atoms with Gasteiger partial charge in [0, 0.05) is 5.92 Å². The monoisotopic (exact) mass is 1280 g/mol. The molecule has 0 bridgehead atoms. The first-order valence-electron chi connectivity index (χ1n) is 30.0. The summed E-state index contributed by atoms with van der Waals surface area (Å²) in [6, 6.07) is 0. The molecule has 0 aromatic carbocycles. The molecule has 0 aromatic rings. The van der Waals surface area contributed by atoms with Gasteiger partial charge >= 0.3 is 10.4 Å². The second-order valence-corrected chi connectivity index (χ2v) is 27.0. The first-order valence-corrected chi connectivity index (χ1v) is 31.3. The third-order valence-corrected chi connectivity index (χ3v) is 21.1. The average molecular weight is 1280 g/mol. The van der Waals surface area contributed by atoms with Crippen LogP contribution in [0, 0.1) is 34.5 Å². The van der Waals surface area contributed by atoms with Gasteiger partial charge in [-0.2, -0.15) is 8.42 Å². The Bertz CT molecular complexity index is 2500. The molecule has 32 heteroatoms. The Labute approximate surface area is 501 Å². The molecule has 3 saturated carbocycles. The quantitative estimate of drug-likeness (QED) is 0.0477. The Morgan fingerprint density at radius 1 is 0.540 bits per heavy atom. The lowest BCUT2D eigenvalue weighted by atomic mass is 9.48. The lowest BCUT2D eigenvalue weighted by molar-refractivity contribution is -0.400. The summed E-state index contributed by atoms with van der Waals surface area (Å²) in [6.45, 7) is 7.63. The zero-order valence-electron chi connectivity index (χ0n) is 48.9. The van der Waals surface area contributed by atoms with E-state index in [0.29, 0.717) is 25.7 Å². The largest absolute Gasteiger partial charge is 0.397 e. The standard InChI is InChI=1S/C55H88O31S/c1-18(58)24-7-8-25-23-14-28(27-13-22(86-87(71,72)73)9-11-55(27,6)26(23)10-12-54(24,25)5)78-50-42(69)45(34(61)20(3)76-50)83-52-46(84-48-41(68)38(65)32(59)19(2)75-48)37(64)31(17-74-52)81-53-47(39(66)35(62)29(15-56)80-53)85-51-43(70)44(33(60)21(4)77-51)82-49-40(67)36(63)30(16-57)79-49/h10,19-25,27-53,56-57,59-70H,7-9,11-17H2,1-6H3,(H,71,72,73)/t19-,20-,21-,22+,23+,24-,25+,27-,28+,29-,30+,31-,32-,33-,34-,35+,36-,37+,38+,39+,40-,41-,42-,43-,44+,45+,46-,47-,48+,49+,50+,51+,52+,53+,54-,55-/m1/s1. The third kappa shape index (κ3) is 13.0. The first kappa shape index (κ1) is 68.1. The van der Waals surface area contributed by atoms with Crippen LogP contribution in [-0.2, 0) is 76.2 Å². The van der Waals surface area contributed by atoms with Crippen molar-refractivity contribution in [2.75, 3.05) is 19.8 Å². The highest BCUT2D eigenvalue weighted by atomic mass is 32.3. The maximum Gasteiger partial charge on any atom is 0.397 e. The molecule has 87 heavy (non-hydrogen) atoms. The second kappa shape index (κ2) is 26.6. The van der Waals surface area contributed by atoms with Crippen molar-refractivity contribution in [1.29, 1.82) is 0 Å². The molecule has 31 nitrogen and oxygen atoms in total. The number of carbonyl (C=O) groups excluding carboxylic acids is 1. The number of hydrogen-bond donors (Lipinski definition) is 15. The van der Waals surface area contributed by atoms with Crippen molar-refractivity contribution in [3.8, 4) is 0 Å². The fraction of sp³-hybridized carbons (Fsp3) is 0.945. The van der Waals surface area contributed by atoms with Gasteiger partial charge in [0.25, 0.3) is 0 Å². The van der Waals surface area contributed by atoms with E-state index in [-0.39, 0.29) is 41.8 Å². The van der Waals surface area contributed by atoms with Gasteiger partial charge in [-0.1, -0.05) is 25.5 Å². The molecule has 0 radical (unpaired) electrons. The number of rotatable bonds is 17. The number of ketones is 1. The molecule has 10 aliphatic rings. The van der Waals surface area contributed by atoms with Crippen molar-refractivity contribution in [2.45, 2.75) is 271 Å². The van der Waals surface area contributed by atoms with Crippen LogP contribution in [0.15, 0.2) is 11.6 Å². The van der Waals surface area contributed by atoms with Crippen molar-refractivity contribution in [3.63, 3.8) is 0 Å². The molecule has 6 saturated heterocycles. The van der Waals surface area contributed by atoms with Gasteiger partial charge in [-0.15, -0.1) is 0 Å². The Morgan fingerprint density at radius 3 is 1.62 bits per heavy atom. The van der Waals surface area contributed by atoms with E-state index in [4.69, 9.17) is 61.0 Å². The molecule has 10 rings (SSSR count). The van der Waals surface area contributed by atoms with E-state index in [1.807, 2.05) is 0 Å². The van der Waals surface area contributed by atoms with E-state index < -0.39 is 226 Å². The van der Waals surface area contributed by atoms with E-state index in [9.17, 15) is 89.3 Å². The second-order valence-electron chi connectivity index (χ2n) is 25.9. The Hall–Kier alpha value is -1.76. The number of allylic oxidation sites excluding steroid dienone is 2. The summed E-state index contributed by atoms with van der Waals surface area (Å²) in [4.78, 5) is 13.1. The minimum absolute atomic E-state index is 0.0596. The van der Waals surface area contributed by atoms with Crippen molar-refractivity contribution >= 4 is 16.2 Å². The van der Waals surface area contributed by atoms with Crippen LogP contribution in [0.5, 0.6) is 0 Å². The first-order chi connectivity index (χ1) is 40.9. The maximum atomic E-state index is 13.1. The van der Waals surface area contributed by atoms with E-state index in [0.717, 1.165) is 12.0 Å². The topological polar surface area (TPSA) is 475 Å². The molecule has 36 atom stereocenters. The van der Waals surface area contributed by atoms with Crippen LogP contribution in [0.1, 0.15) is 86.5 Å². The van der Waals surface area contributed by atoms with Gasteiger partial charge in [0.15, 0.2) is 37.7 Å². The number of ether oxygens (including phenoxy) is 12. The molecule has 6 heterocycles. The zero-order valence-corrected chi connectivity index (χ0v) is 49.7. The highest BCUT2D eigenvalue weighted by molar-refractivity contribution is 7.80. The highest BCUT2D eigenvalue weighted by Gasteiger charge is 2.63. The van der Waals surface area contributed by atoms with Gasteiger partial charge in [0.1, 0.15) is 122 Å². The van der Waals surface area contributed by atoms with Gasteiger partial charge in [-0.05, 0) is 101 Å². The zero-order chi connectivity index (χ0) is 63.3. The van der Waals surface area contributed by atoms with Crippen molar-refractivity contribution < 1.29 is 150 Å². The molecule has 9 fully saturated rings. The number of carbonyl (C=O) groups is 1. The van der Waals surface area contributed by atoms with E-state index in [1.165, 1.54) is 20.8 Å². The number of hydrogen-bond acceptors (Lipinski definition) is 30. The van der Waals surface area contributed by atoms with Crippen LogP contribution in [-0.4, -0.2) is 294 Å². The smallest absolute Gasteiger partial charge is 0.394 e. The normalized spacial score (nSPS) is 53.9. The summed E-state index contributed by atoms with van der Waals surface area (Å²) in [6.07, 6.45) is -44.7. The van der Waals surface area contributed by atoms with Crippen LogP contribution in [0.2, 0.25) is 0 Å². The predicted molar refractivity (Wildman–Crippen MR) is 283 cm³/mol. The minimum atomic E-state index is -4.87. The summed E-state index contributed by atoms with van der Waals surface area (Å²) in [5.74, 6) is -0.607. The maximum absolute atomic E-state index is 13.1. The van der Waals surface area contributed by atoms with Crippen molar-refractivity contribution in [2.24, 2.45) is 34.5 Å². The van der Waals surface area contributed by atoms with E-state index in [1.54, 1.807) is 6.92 Å². The lowest BCUT2D eigenvalue weighted by Gasteiger charge is -2.59. The molecule has 0 aromatic heterocycles. The molecule has 0 amide bonds. The molecular formula is C55H88O31S. The summed E-state index contributed by atoms with van der Waals surface area (Å²) in [5.41, 5.74) is 0.184. The molecule has 500 valence electrons. The summed E-state index contributed by atoms with van der Waals surface area (Å²) in [7, 11) is -4.87. The number of Topliss-reactive ketones (excluding diaryl/α,β-unsaturated/α-hetero) is 1. The molecule has 15 N–H and O–H groups in total. The van der Waals surface area contributed by atoms with Gasteiger partial charge in [-0.25, -0.2) is 4.18 Å². The SMILES string of the molecule is CC(=O)[C@H]1CC[C@H]2[C@@H]3C[C@H](O[C@@H]4O[C@H](C)[C@@H](O)[C@H](O[C@@H]5OC[C@@H](O[C@@H]6O[C@H](CO)[C@H](O)[C@H](O)[C@H]6O[C@@H]6O[C@H](C)[C@@H](O)[C@H](O[C@@H]7O[C@@H](CO)[C@@H](O)[C@H]7O)[C@H]6O)[C@H](O)[C@H]5O[C@@H]5O[C@H](C)[C@@H](O)[C@H](O)[C@H]5O)[C@H]4O)[C@H]4C[C@@H](OS(=O)(=O)O)CC[C@]4(C)C3=CC[C@]12C. The van der Waals surface area contributed by atoms with Crippen LogP contribution in [0.3, 0.4) is 0 Å². The third-order valence-electron chi connectivity index (χ3n) is 20.6. The summed E-state index contributed by atoms with van der Waals surface area (Å²) in [5, 5.41) is 155. The average Bonchev–Trinajstić information content (AvgIpc) is 1.71. The number of aliphatic hydroxyl groups is 14. The van der Waals surface area contributed by atoms with E-state index >= 15 is 0 Å². The van der Waals surface area contributed by atoms with E-state index in [2.05, 4.69) is 19.9 Å². The molecule has 4 aliphatic carbocycles.